The molecule has 1 N–H and O–H groups in total. The molecule has 0 spiro atoms. The zero-order valence-electron chi connectivity index (χ0n) is 17.1. The van der Waals surface area contributed by atoms with Gasteiger partial charge in [0.15, 0.2) is 5.11 Å². The first-order valence-electron chi connectivity index (χ1n) is 9.51. The number of rotatable bonds is 9. The number of thiocarbonyl (C=S) groups is 1. The molecule has 1 fully saturated rings. The van der Waals surface area contributed by atoms with Gasteiger partial charge in [0.05, 0.1) is 12.1 Å². The number of hydrogen-bond donors (Lipinski definition) is 1. The molecule has 6 nitrogen and oxygen atoms in total. The van der Waals surface area contributed by atoms with Gasteiger partial charge in [0, 0.05) is 25.8 Å². The molecule has 0 aromatic heterocycles. The molecule has 0 unspecified atom stereocenters. The Morgan fingerprint density at radius 1 is 1.16 bits per heavy atom. The van der Waals surface area contributed by atoms with Crippen molar-refractivity contribution in [2.45, 2.75) is 13.0 Å². The number of amides is 1. The number of carbonyl (C=O) groups excluding carboxylic acids is 1. The largest absolute Gasteiger partial charge is 0.496 e. The van der Waals surface area contributed by atoms with Crippen LogP contribution in [-0.2, 0) is 16.1 Å². The van der Waals surface area contributed by atoms with E-state index in [0.717, 1.165) is 11.1 Å². The third-order valence-electron chi connectivity index (χ3n) is 4.61. The molecule has 0 bridgehead atoms. The van der Waals surface area contributed by atoms with Gasteiger partial charge >= 0.3 is 0 Å². The molecule has 31 heavy (non-hydrogen) atoms. The van der Waals surface area contributed by atoms with Gasteiger partial charge in [0.1, 0.15) is 28.8 Å². The maximum absolute atomic E-state index is 12.7. The predicted octanol–water partition coefficient (Wildman–Crippen LogP) is 4.68. The fourth-order valence-corrected chi connectivity index (χ4v) is 3.69. The summed E-state index contributed by atoms with van der Waals surface area (Å²) in [7, 11) is 3.21. The smallest absolute Gasteiger partial charge is 0.276 e. The number of halogens is 2. The number of benzene rings is 2. The molecule has 0 saturated carbocycles. The summed E-state index contributed by atoms with van der Waals surface area (Å²) in [5.74, 6) is 0.966. The van der Waals surface area contributed by atoms with Crippen LogP contribution < -0.4 is 14.8 Å². The molecular formula is C22H22Cl2N2O4S. The first kappa shape index (κ1) is 23.3. The van der Waals surface area contributed by atoms with Crippen molar-refractivity contribution in [1.29, 1.82) is 0 Å². The number of hydrogen-bond acceptors (Lipinski definition) is 5. The summed E-state index contributed by atoms with van der Waals surface area (Å²) in [5, 5.41) is 4.14. The summed E-state index contributed by atoms with van der Waals surface area (Å²) >= 11 is 17.5. The molecule has 1 amide bonds. The maximum Gasteiger partial charge on any atom is 0.276 e. The van der Waals surface area contributed by atoms with E-state index in [9.17, 15) is 4.79 Å². The molecule has 1 saturated heterocycles. The number of nitrogens with one attached hydrogen (secondary N) is 1. The van der Waals surface area contributed by atoms with E-state index < -0.39 is 0 Å². The molecule has 164 valence electrons. The monoisotopic (exact) mass is 480 g/mol. The Hall–Kier alpha value is -2.32. The molecular weight excluding hydrogens is 459 g/mol. The highest BCUT2D eigenvalue weighted by Crippen LogP contribution is 2.33. The van der Waals surface area contributed by atoms with Gasteiger partial charge in [-0.1, -0.05) is 35.3 Å². The van der Waals surface area contributed by atoms with Crippen LogP contribution in [0, 0.1) is 0 Å². The quantitative estimate of drug-likeness (QED) is 0.319. The van der Waals surface area contributed by atoms with E-state index in [0.29, 0.717) is 51.9 Å². The Kier molecular flexibility index (Phi) is 8.15. The minimum atomic E-state index is -0.166. The van der Waals surface area contributed by atoms with Gasteiger partial charge in [0.25, 0.3) is 5.91 Å². The van der Waals surface area contributed by atoms with Crippen LogP contribution in [0.1, 0.15) is 17.5 Å². The molecule has 0 atom stereocenters. The Bertz CT molecular complexity index is 1010. The average molecular weight is 481 g/mol. The van der Waals surface area contributed by atoms with Crippen LogP contribution in [0.15, 0.2) is 42.1 Å². The molecule has 3 rings (SSSR count). The fraction of sp³-hybridized carbons (Fsp3) is 0.273. The average Bonchev–Trinajstić information content (AvgIpc) is 3.02. The van der Waals surface area contributed by atoms with Gasteiger partial charge in [-0.3, -0.25) is 9.69 Å². The Balaban J connectivity index is 1.78. The fourth-order valence-electron chi connectivity index (χ4n) is 3.06. The highest BCUT2D eigenvalue weighted by Gasteiger charge is 2.30. The van der Waals surface area contributed by atoms with Crippen molar-refractivity contribution in [3.63, 3.8) is 0 Å². The molecule has 1 aliphatic heterocycles. The second-order valence-corrected chi connectivity index (χ2v) is 7.88. The molecule has 2 aromatic rings. The molecule has 1 heterocycles. The minimum absolute atomic E-state index is 0.166. The summed E-state index contributed by atoms with van der Waals surface area (Å²) in [4.78, 5) is 14.2. The van der Waals surface area contributed by atoms with Crippen molar-refractivity contribution in [1.82, 2.24) is 10.2 Å². The third kappa shape index (κ3) is 5.68. The van der Waals surface area contributed by atoms with E-state index >= 15 is 0 Å². The number of ether oxygens (including phenoxy) is 3. The summed E-state index contributed by atoms with van der Waals surface area (Å²) in [6, 6.07) is 10.8. The number of nitrogens with zero attached hydrogens (tertiary/aromatic N) is 1. The summed E-state index contributed by atoms with van der Waals surface area (Å²) < 4.78 is 16.3. The lowest BCUT2D eigenvalue weighted by Gasteiger charge is -2.13. The second kappa shape index (κ2) is 10.8. The Morgan fingerprint density at radius 2 is 1.97 bits per heavy atom. The van der Waals surface area contributed by atoms with Gasteiger partial charge in [-0.25, -0.2) is 0 Å². The summed E-state index contributed by atoms with van der Waals surface area (Å²) in [6.45, 7) is 1.27. The first-order chi connectivity index (χ1) is 14.9. The van der Waals surface area contributed by atoms with Crippen LogP contribution in [0.3, 0.4) is 0 Å². The normalized spacial score (nSPS) is 14.8. The van der Waals surface area contributed by atoms with Crippen LogP contribution in [0.5, 0.6) is 11.5 Å². The lowest BCUT2D eigenvalue weighted by atomic mass is 10.1. The molecule has 9 heteroatoms. The molecule has 2 aromatic carbocycles. The highest BCUT2D eigenvalue weighted by atomic mass is 35.5. The van der Waals surface area contributed by atoms with E-state index in [1.165, 1.54) is 4.90 Å². The highest BCUT2D eigenvalue weighted by molar-refractivity contribution is 7.80. The zero-order chi connectivity index (χ0) is 22.4. The van der Waals surface area contributed by atoms with Crippen LogP contribution in [0.25, 0.3) is 6.08 Å². The van der Waals surface area contributed by atoms with Crippen LogP contribution in [0.4, 0.5) is 0 Å². The van der Waals surface area contributed by atoms with Crippen LogP contribution in [0.2, 0.25) is 10.0 Å². The topological polar surface area (TPSA) is 60.0 Å². The molecule has 0 radical (unpaired) electrons. The predicted molar refractivity (Wildman–Crippen MR) is 126 cm³/mol. The van der Waals surface area contributed by atoms with E-state index in [2.05, 4.69) is 5.32 Å². The van der Waals surface area contributed by atoms with Crippen molar-refractivity contribution in [2.75, 3.05) is 27.4 Å². The lowest BCUT2D eigenvalue weighted by molar-refractivity contribution is -0.122. The van der Waals surface area contributed by atoms with Gasteiger partial charge in [0.2, 0.25) is 0 Å². The number of carbonyl (C=O) groups is 1. The van der Waals surface area contributed by atoms with Gasteiger partial charge < -0.3 is 19.5 Å². The van der Waals surface area contributed by atoms with Gasteiger partial charge in [-0.15, -0.1) is 0 Å². The summed E-state index contributed by atoms with van der Waals surface area (Å²) in [6.07, 6.45) is 2.45. The second-order valence-electron chi connectivity index (χ2n) is 6.70. The van der Waals surface area contributed by atoms with Gasteiger partial charge in [-0.05, 0) is 54.5 Å². The van der Waals surface area contributed by atoms with Crippen LogP contribution >= 0.6 is 35.4 Å². The van der Waals surface area contributed by atoms with Crippen molar-refractivity contribution in [3.05, 3.63) is 63.3 Å². The standard InChI is InChI=1S/C22H22Cl2N2O4S/c1-28-10-4-9-26-21(27)17(25-22(26)31)12-14-7-8-18(29-2)15(11-14)13-30-19-6-3-5-16(23)20(19)24/h3,5-8,11-12H,4,9-10,13H2,1-2H3,(H,25,31)/b17-12+. The molecule has 1 aliphatic rings. The van der Waals surface area contributed by atoms with E-state index in [-0.39, 0.29) is 12.5 Å². The van der Waals surface area contributed by atoms with Crippen LogP contribution in [-0.4, -0.2) is 43.3 Å². The summed E-state index contributed by atoms with van der Waals surface area (Å²) in [5.41, 5.74) is 2.00. The van der Waals surface area contributed by atoms with Crippen molar-refractivity contribution >= 4 is 52.5 Å². The lowest BCUT2D eigenvalue weighted by Crippen LogP contribution is -2.32. The van der Waals surface area contributed by atoms with Crippen molar-refractivity contribution in [3.8, 4) is 11.5 Å². The van der Waals surface area contributed by atoms with E-state index in [4.69, 9.17) is 49.6 Å². The Morgan fingerprint density at radius 3 is 2.71 bits per heavy atom. The third-order valence-corrected chi connectivity index (χ3v) is 5.73. The van der Waals surface area contributed by atoms with Crippen molar-refractivity contribution < 1.29 is 19.0 Å². The zero-order valence-corrected chi connectivity index (χ0v) is 19.4. The first-order valence-corrected chi connectivity index (χ1v) is 10.7. The van der Waals surface area contributed by atoms with Crippen molar-refractivity contribution in [2.24, 2.45) is 0 Å². The van der Waals surface area contributed by atoms with E-state index in [1.54, 1.807) is 38.5 Å². The van der Waals surface area contributed by atoms with E-state index in [1.807, 2.05) is 18.2 Å². The Labute approximate surface area is 196 Å². The molecule has 0 aliphatic carbocycles. The maximum atomic E-state index is 12.7. The van der Waals surface area contributed by atoms with Gasteiger partial charge in [-0.2, -0.15) is 0 Å². The minimum Gasteiger partial charge on any atom is -0.496 e. The SMILES string of the molecule is COCCCN1C(=O)/C(=C\c2ccc(OC)c(COc3cccc(Cl)c3Cl)c2)NC1=S. The number of methoxy groups -OCH3 is 2.